The lowest BCUT2D eigenvalue weighted by Crippen LogP contribution is -2.13. The molecular weight excluding hydrogens is 438 g/mol. The number of halogens is 2. The summed E-state index contributed by atoms with van der Waals surface area (Å²) in [6.07, 6.45) is 0.107. The van der Waals surface area contributed by atoms with E-state index in [1.54, 1.807) is 12.1 Å². The van der Waals surface area contributed by atoms with Crippen LogP contribution >= 0.6 is 31.9 Å². The summed E-state index contributed by atoms with van der Waals surface area (Å²) in [5.41, 5.74) is 2.46. The van der Waals surface area contributed by atoms with Gasteiger partial charge < -0.3 is 15.2 Å². The Kier molecular flexibility index (Phi) is 6.83. The topological polar surface area (TPSA) is 58.6 Å². The maximum Gasteiger partial charge on any atom is 0.335 e. The van der Waals surface area contributed by atoms with Crippen LogP contribution in [0.15, 0.2) is 45.3 Å². The highest BCUT2D eigenvalue weighted by Gasteiger charge is 2.10. The number of hydrogen-bond donors (Lipinski definition) is 2. The Morgan fingerprint density at radius 3 is 2.12 bits per heavy atom. The summed E-state index contributed by atoms with van der Waals surface area (Å²) in [5.74, 6) is -0.106. The second kappa shape index (κ2) is 8.65. The third kappa shape index (κ3) is 5.33. The summed E-state index contributed by atoms with van der Waals surface area (Å²) in [4.78, 5) is 10.8. The summed E-state index contributed by atoms with van der Waals surface area (Å²) in [6, 6.07) is 10.9. The first-order valence-electron chi connectivity index (χ1n) is 7.54. The Bertz CT molecular complexity index is 692. The van der Waals surface area contributed by atoms with Gasteiger partial charge in [-0.1, -0.05) is 12.1 Å². The predicted octanol–water partition coefficient (Wildman–Crippen LogP) is 4.99. The maximum absolute atomic E-state index is 10.8. The minimum atomic E-state index is -0.909. The van der Waals surface area contributed by atoms with Gasteiger partial charge in [0.2, 0.25) is 0 Å². The van der Waals surface area contributed by atoms with Crippen LogP contribution in [0.3, 0.4) is 0 Å². The van der Waals surface area contributed by atoms with Crippen molar-refractivity contribution in [1.29, 1.82) is 0 Å². The molecule has 0 aliphatic heterocycles. The molecule has 0 unspecified atom stereocenters. The Morgan fingerprint density at radius 1 is 1.08 bits per heavy atom. The molecule has 0 spiro atoms. The largest absolute Gasteiger partial charge is 0.489 e. The molecule has 0 bridgehead atoms. The Balaban J connectivity index is 1.96. The Morgan fingerprint density at radius 2 is 1.62 bits per heavy atom. The second-order valence-electron chi connectivity index (χ2n) is 5.66. The molecule has 0 aliphatic carbocycles. The van der Waals surface area contributed by atoms with Crippen molar-refractivity contribution in [2.75, 3.05) is 0 Å². The first-order valence-corrected chi connectivity index (χ1v) is 9.13. The molecule has 6 heteroatoms. The van der Waals surface area contributed by atoms with E-state index >= 15 is 0 Å². The van der Waals surface area contributed by atoms with Gasteiger partial charge in [-0.05, 0) is 81.1 Å². The standard InChI is InChI=1S/C18H19Br2NO3/c1-11(2)24-17-15(19)7-13(8-16(17)20)10-21-9-12-3-5-14(6-4-12)18(22)23/h3-8,11,21H,9-10H2,1-2H3,(H,22,23). The van der Waals surface area contributed by atoms with E-state index in [2.05, 4.69) is 37.2 Å². The van der Waals surface area contributed by atoms with Crippen LogP contribution in [-0.2, 0) is 13.1 Å². The number of hydrogen-bond acceptors (Lipinski definition) is 3. The SMILES string of the molecule is CC(C)Oc1c(Br)cc(CNCc2ccc(C(=O)O)cc2)cc1Br. The molecule has 2 rings (SSSR count). The lowest BCUT2D eigenvalue weighted by Gasteiger charge is -2.15. The van der Waals surface area contributed by atoms with Gasteiger partial charge in [0.05, 0.1) is 20.6 Å². The minimum Gasteiger partial charge on any atom is -0.489 e. The zero-order valence-electron chi connectivity index (χ0n) is 13.5. The minimum absolute atomic E-state index is 0.107. The van der Waals surface area contributed by atoms with Gasteiger partial charge in [0.25, 0.3) is 0 Å². The molecule has 2 aromatic rings. The first-order chi connectivity index (χ1) is 11.4. The lowest BCUT2D eigenvalue weighted by atomic mass is 10.1. The molecule has 0 saturated heterocycles. The number of carboxylic acids is 1. The Hall–Kier alpha value is -1.37. The molecule has 24 heavy (non-hydrogen) atoms. The van der Waals surface area contributed by atoms with Crippen LogP contribution in [0.1, 0.15) is 35.3 Å². The molecule has 4 nitrogen and oxygen atoms in total. The molecule has 0 saturated carbocycles. The smallest absolute Gasteiger partial charge is 0.335 e. The van der Waals surface area contributed by atoms with E-state index in [0.29, 0.717) is 18.7 Å². The van der Waals surface area contributed by atoms with Crippen molar-refractivity contribution in [2.24, 2.45) is 0 Å². The number of rotatable bonds is 7. The molecule has 0 aromatic heterocycles. The predicted molar refractivity (Wildman–Crippen MR) is 102 cm³/mol. The van der Waals surface area contributed by atoms with Crippen molar-refractivity contribution in [3.63, 3.8) is 0 Å². The van der Waals surface area contributed by atoms with Crippen LogP contribution < -0.4 is 10.1 Å². The number of carbonyl (C=O) groups is 1. The molecule has 0 atom stereocenters. The first kappa shape index (κ1) is 19.0. The van der Waals surface area contributed by atoms with Crippen molar-refractivity contribution in [2.45, 2.75) is 33.0 Å². The van der Waals surface area contributed by atoms with E-state index < -0.39 is 5.97 Å². The van der Waals surface area contributed by atoms with Gasteiger partial charge in [-0.25, -0.2) is 4.79 Å². The monoisotopic (exact) mass is 455 g/mol. The van der Waals surface area contributed by atoms with E-state index in [9.17, 15) is 4.79 Å². The quantitative estimate of drug-likeness (QED) is 0.616. The highest BCUT2D eigenvalue weighted by Crippen LogP contribution is 2.35. The van der Waals surface area contributed by atoms with Gasteiger partial charge >= 0.3 is 5.97 Å². The van der Waals surface area contributed by atoms with Crippen molar-refractivity contribution in [3.8, 4) is 5.75 Å². The third-order valence-electron chi connectivity index (χ3n) is 3.27. The zero-order valence-corrected chi connectivity index (χ0v) is 16.6. The summed E-state index contributed by atoms with van der Waals surface area (Å²) < 4.78 is 7.59. The fourth-order valence-electron chi connectivity index (χ4n) is 2.18. The van der Waals surface area contributed by atoms with E-state index in [4.69, 9.17) is 9.84 Å². The van der Waals surface area contributed by atoms with Gasteiger partial charge in [-0.3, -0.25) is 0 Å². The number of aromatic carboxylic acids is 1. The maximum atomic E-state index is 10.8. The van der Waals surface area contributed by atoms with Crippen LogP contribution in [0.2, 0.25) is 0 Å². The average Bonchev–Trinajstić information content (AvgIpc) is 2.51. The van der Waals surface area contributed by atoms with Gasteiger partial charge in [0.15, 0.2) is 0 Å². The highest BCUT2D eigenvalue weighted by molar-refractivity contribution is 9.11. The molecule has 0 radical (unpaired) electrons. The van der Waals surface area contributed by atoms with E-state index in [1.165, 1.54) is 0 Å². The summed E-state index contributed by atoms with van der Waals surface area (Å²) in [6.45, 7) is 5.34. The summed E-state index contributed by atoms with van der Waals surface area (Å²) in [5, 5.41) is 12.2. The van der Waals surface area contributed by atoms with Crippen molar-refractivity contribution >= 4 is 37.8 Å². The fraction of sp³-hybridized carbons (Fsp3) is 0.278. The molecule has 0 aliphatic rings. The van der Waals surface area contributed by atoms with Crippen LogP contribution in [0, 0.1) is 0 Å². The van der Waals surface area contributed by atoms with Crippen LogP contribution in [0.4, 0.5) is 0 Å². The molecule has 0 heterocycles. The molecule has 2 aromatic carbocycles. The van der Waals surface area contributed by atoms with Crippen molar-refractivity contribution in [1.82, 2.24) is 5.32 Å². The number of nitrogens with one attached hydrogen (secondary N) is 1. The van der Waals surface area contributed by atoms with Gasteiger partial charge in [-0.15, -0.1) is 0 Å². The van der Waals surface area contributed by atoms with Crippen LogP contribution in [-0.4, -0.2) is 17.2 Å². The highest BCUT2D eigenvalue weighted by atomic mass is 79.9. The van der Waals surface area contributed by atoms with E-state index in [0.717, 1.165) is 25.8 Å². The molecule has 128 valence electrons. The fourth-order valence-corrected chi connectivity index (χ4v) is 3.65. The van der Waals surface area contributed by atoms with Crippen LogP contribution in [0.25, 0.3) is 0 Å². The van der Waals surface area contributed by atoms with Crippen LogP contribution in [0.5, 0.6) is 5.75 Å². The van der Waals surface area contributed by atoms with Gasteiger partial charge in [0, 0.05) is 13.1 Å². The summed E-state index contributed by atoms with van der Waals surface area (Å²) >= 11 is 7.09. The third-order valence-corrected chi connectivity index (χ3v) is 4.45. The lowest BCUT2D eigenvalue weighted by molar-refractivity contribution is 0.0697. The number of carboxylic acid groups (broad SMARTS) is 1. The average molecular weight is 457 g/mol. The Labute approximate surface area is 158 Å². The van der Waals surface area contributed by atoms with E-state index in [1.807, 2.05) is 38.1 Å². The van der Waals surface area contributed by atoms with Gasteiger partial charge in [-0.2, -0.15) is 0 Å². The molecule has 0 amide bonds. The molecule has 0 fully saturated rings. The van der Waals surface area contributed by atoms with Crippen molar-refractivity contribution < 1.29 is 14.6 Å². The van der Waals surface area contributed by atoms with E-state index in [-0.39, 0.29) is 6.10 Å². The second-order valence-corrected chi connectivity index (χ2v) is 7.37. The molecular formula is C18H19Br2NO3. The van der Waals surface area contributed by atoms with Gasteiger partial charge in [0.1, 0.15) is 5.75 Å². The zero-order chi connectivity index (χ0) is 17.7. The van der Waals surface area contributed by atoms with Crippen molar-refractivity contribution in [3.05, 3.63) is 62.0 Å². The normalized spacial score (nSPS) is 10.9. The summed E-state index contributed by atoms with van der Waals surface area (Å²) in [7, 11) is 0. The molecule has 2 N–H and O–H groups in total. The number of benzene rings is 2. The number of ether oxygens (including phenoxy) is 1.